The number of rotatable bonds is 6. The Bertz CT molecular complexity index is 1240. The molecule has 0 radical (unpaired) electrons. The number of ketones is 1. The highest BCUT2D eigenvalue weighted by molar-refractivity contribution is 7.98. The normalized spacial score (nSPS) is 12.9. The molecule has 2 nitrogen and oxygen atoms in total. The van der Waals surface area contributed by atoms with Crippen molar-refractivity contribution in [2.24, 2.45) is 0 Å². The third-order valence-corrected chi connectivity index (χ3v) is 6.16. The molecule has 0 aromatic heterocycles. The number of carbonyl (C=O) groups is 1. The fourth-order valence-corrected chi connectivity index (χ4v) is 4.29. The first-order chi connectivity index (χ1) is 15.5. The summed E-state index contributed by atoms with van der Waals surface area (Å²) < 4.78 is 29.3. The van der Waals surface area contributed by atoms with Crippen LogP contribution in [0.25, 0.3) is 11.1 Å². The summed E-state index contributed by atoms with van der Waals surface area (Å²) in [4.78, 5) is 14.1. The Morgan fingerprint density at radius 3 is 2.00 bits per heavy atom. The average Bonchev–Trinajstić information content (AvgIpc) is 2.84. The van der Waals surface area contributed by atoms with Crippen molar-refractivity contribution in [3.05, 3.63) is 125 Å². The summed E-state index contributed by atoms with van der Waals surface area (Å²) in [6.07, 6.45) is 1.74. The van der Waals surface area contributed by atoms with Gasteiger partial charge in [-0.05, 0) is 35.6 Å². The van der Waals surface area contributed by atoms with Crippen molar-refractivity contribution < 1.29 is 18.7 Å². The fourth-order valence-electron chi connectivity index (χ4n) is 3.80. The lowest BCUT2D eigenvalue weighted by atomic mass is 9.77. The maximum Gasteiger partial charge on any atom is 0.203 e. The third-order valence-electron chi connectivity index (χ3n) is 5.41. The Balaban J connectivity index is 2.05. The van der Waals surface area contributed by atoms with E-state index in [1.165, 1.54) is 36.0 Å². The summed E-state index contributed by atoms with van der Waals surface area (Å²) in [5.74, 6) is -1.61. The molecule has 4 aromatic carbocycles. The molecular formula is C27H20F2O2S. The van der Waals surface area contributed by atoms with Crippen molar-refractivity contribution >= 4 is 17.5 Å². The lowest BCUT2D eigenvalue weighted by Crippen LogP contribution is -2.38. The predicted molar refractivity (Wildman–Crippen MR) is 124 cm³/mol. The van der Waals surface area contributed by atoms with Crippen LogP contribution < -0.4 is 0 Å². The maximum atomic E-state index is 15.7. The minimum atomic E-state index is -2.16. The molecule has 32 heavy (non-hydrogen) atoms. The van der Waals surface area contributed by atoms with E-state index in [1.54, 1.807) is 79.1 Å². The van der Waals surface area contributed by atoms with Crippen LogP contribution in [0.4, 0.5) is 8.78 Å². The van der Waals surface area contributed by atoms with Crippen molar-refractivity contribution in [2.75, 3.05) is 6.26 Å². The van der Waals surface area contributed by atoms with Crippen molar-refractivity contribution in [1.29, 1.82) is 0 Å². The van der Waals surface area contributed by atoms with E-state index in [4.69, 9.17) is 0 Å². The summed E-state index contributed by atoms with van der Waals surface area (Å²) in [5.41, 5.74) is -1.03. The predicted octanol–water partition coefficient (Wildman–Crippen LogP) is 6.47. The summed E-state index contributed by atoms with van der Waals surface area (Å²) >= 11 is 1.21. The molecule has 0 aliphatic carbocycles. The first kappa shape index (κ1) is 21.9. The Morgan fingerprint density at radius 2 is 1.41 bits per heavy atom. The fraction of sp³-hybridized carbons (Fsp3) is 0.0741. The van der Waals surface area contributed by atoms with Crippen LogP contribution in [0.2, 0.25) is 0 Å². The number of hydrogen-bond donors (Lipinski definition) is 1. The zero-order valence-corrected chi connectivity index (χ0v) is 18.1. The maximum absolute atomic E-state index is 15.7. The lowest BCUT2D eigenvalue weighted by molar-refractivity contribution is 0.0488. The third kappa shape index (κ3) is 3.85. The zero-order valence-electron chi connectivity index (χ0n) is 17.3. The summed E-state index contributed by atoms with van der Waals surface area (Å²) in [6.45, 7) is 0. The van der Waals surface area contributed by atoms with E-state index in [9.17, 15) is 14.3 Å². The first-order valence-corrected chi connectivity index (χ1v) is 11.2. The molecule has 4 rings (SSSR count). The highest BCUT2D eigenvalue weighted by Gasteiger charge is 2.43. The van der Waals surface area contributed by atoms with E-state index in [2.05, 4.69) is 0 Å². The number of benzene rings is 4. The molecule has 1 unspecified atom stereocenters. The quantitative estimate of drug-likeness (QED) is 0.272. The van der Waals surface area contributed by atoms with Gasteiger partial charge < -0.3 is 5.11 Å². The van der Waals surface area contributed by atoms with Crippen molar-refractivity contribution in [3.63, 3.8) is 0 Å². The second-order valence-electron chi connectivity index (χ2n) is 7.28. The van der Waals surface area contributed by atoms with E-state index in [1.807, 2.05) is 0 Å². The van der Waals surface area contributed by atoms with Crippen LogP contribution in [0.15, 0.2) is 102 Å². The standard InChI is InChI=1S/C27H20F2O2S/c1-32-23-17-16-22(24(25(23)29)18-12-14-21(28)15-13-18)27(31,20-10-6-3-7-11-20)26(30)19-8-4-2-5-9-19/h2-17,31H,1H3. The minimum absolute atomic E-state index is 0.0625. The van der Waals surface area contributed by atoms with Crippen LogP contribution in [0.1, 0.15) is 21.5 Å². The topological polar surface area (TPSA) is 37.3 Å². The number of halogens is 2. The van der Waals surface area contributed by atoms with Gasteiger partial charge in [-0.1, -0.05) is 78.9 Å². The van der Waals surface area contributed by atoms with E-state index in [0.29, 0.717) is 21.6 Å². The Morgan fingerprint density at radius 1 is 0.812 bits per heavy atom. The van der Waals surface area contributed by atoms with E-state index < -0.39 is 23.0 Å². The SMILES string of the molecule is CSc1ccc(C(O)(C(=O)c2ccccc2)c2ccccc2)c(-c2ccc(F)cc2)c1F. The molecule has 0 saturated carbocycles. The molecule has 0 fully saturated rings. The second-order valence-corrected chi connectivity index (χ2v) is 8.13. The average molecular weight is 447 g/mol. The zero-order chi connectivity index (χ0) is 22.7. The van der Waals surface area contributed by atoms with Crippen molar-refractivity contribution in [3.8, 4) is 11.1 Å². The summed E-state index contributed by atoms with van der Waals surface area (Å²) in [5, 5.41) is 12.1. The second kappa shape index (κ2) is 9.07. The molecule has 0 spiro atoms. The monoisotopic (exact) mass is 446 g/mol. The summed E-state index contributed by atoms with van der Waals surface area (Å²) in [7, 11) is 0. The molecule has 0 aliphatic heterocycles. The molecule has 0 bridgehead atoms. The number of hydrogen-bond acceptors (Lipinski definition) is 3. The molecule has 0 aliphatic rings. The van der Waals surface area contributed by atoms with Gasteiger partial charge in [0.15, 0.2) is 5.60 Å². The smallest absolute Gasteiger partial charge is 0.203 e. The molecule has 160 valence electrons. The molecule has 0 amide bonds. The molecule has 5 heteroatoms. The summed E-state index contributed by atoms with van der Waals surface area (Å²) in [6, 6.07) is 25.3. The van der Waals surface area contributed by atoms with Gasteiger partial charge in [-0.15, -0.1) is 11.8 Å². The van der Waals surface area contributed by atoms with Gasteiger partial charge in [0.05, 0.1) is 0 Å². The van der Waals surface area contributed by atoms with Gasteiger partial charge in [0.2, 0.25) is 5.78 Å². The number of carbonyl (C=O) groups excluding carboxylic acids is 1. The van der Waals surface area contributed by atoms with Gasteiger partial charge in [-0.2, -0.15) is 0 Å². The molecule has 1 N–H and O–H groups in total. The van der Waals surface area contributed by atoms with Crippen molar-refractivity contribution in [2.45, 2.75) is 10.5 Å². The van der Waals surface area contributed by atoms with Gasteiger partial charge >= 0.3 is 0 Å². The van der Waals surface area contributed by atoms with Crippen molar-refractivity contribution in [1.82, 2.24) is 0 Å². The van der Waals surface area contributed by atoms with E-state index in [0.717, 1.165) is 0 Å². The van der Waals surface area contributed by atoms with Gasteiger partial charge in [-0.25, -0.2) is 8.78 Å². The van der Waals surface area contributed by atoms with Crippen LogP contribution in [-0.4, -0.2) is 17.1 Å². The molecule has 0 heterocycles. The molecular weight excluding hydrogens is 426 g/mol. The number of aliphatic hydroxyl groups is 1. The lowest BCUT2D eigenvalue weighted by Gasteiger charge is -2.31. The van der Waals surface area contributed by atoms with Crippen LogP contribution in [-0.2, 0) is 5.60 Å². The van der Waals surface area contributed by atoms with Gasteiger partial charge in [0.25, 0.3) is 0 Å². The van der Waals surface area contributed by atoms with Crippen LogP contribution in [0.5, 0.6) is 0 Å². The first-order valence-electron chi connectivity index (χ1n) is 9.97. The van der Waals surface area contributed by atoms with Crippen LogP contribution in [0.3, 0.4) is 0 Å². The van der Waals surface area contributed by atoms with Crippen LogP contribution in [0, 0.1) is 11.6 Å². The Labute approximate surface area is 189 Å². The number of Topliss-reactive ketones (excluding diaryl/α,β-unsaturated/α-hetero) is 1. The Kier molecular flexibility index (Phi) is 6.21. The van der Waals surface area contributed by atoms with E-state index in [-0.39, 0.29) is 11.1 Å². The Hall–Kier alpha value is -3.28. The van der Waals surface area contributed by atoms with Gasteiger partial charge in [-0.3, -0.25) is 4.79 Å². The molecule has 4 aromatic rings. The van der Waals surface area contributed by atoms with Gasteiger partial charge in [0.1, 0.15) is 11.6 Å². The van der Waals surface area contributed by atoms with Crippen LogP contribution >= 0.6 is 11.8 Å². The number of thioether (sulfide) groups is 1. The highest BCUT2D eigenvalue weighted by atomic mass is 32.2. The molecule has 0 saturated heterocycles. The van der Waals surface area contributed by atoms with E-state index >= 15 is 4.39 Å². The minimum Gasteiger partial charge on any atom is -0.373 e. The van der Waals surface area contributed by atoms with Gasteiger partial charge in [0, 0.05) is 21.6 Å². The largest absolute Gasteiger partial charge is 0.373 e. The molecule has 1 atom stereocenters. The highest BCUT2D eigenvalue weighted by Crippen LogP contribution is 2.42.